The molecule has 0 radical (unpaired) electrons. The van der Waals surface area contributed by atoms with Crippen molar-refractivity contribution >= 4 is 5.97 Å². The number of rotatable bonds is 43. The molecule has 0 spiro atoms. The second kappa shape index (κ2) is 43.5. The van der Waals surface area contributed by atoms with E-state index in [2.05, 4.69) is 12.2 Å². The van der Waals surface area contributed by atoms with Crippen molar-refractivity contribution in [3.05, 3.63) is 0 Å². The Balaban J connectivity index is 3.04. The van der Waals surface area contributed by atoms with Gasteiger partial charge in [-0.25, -0.2) is 0 Å². The van der Waals surface area contributed by atoms with Gasteiger partial charge in [0.15, 0.2) is 0 Å². The second-order valence-electron chi connectivity index (χ2n) is 15.3. The Morgan fingerprint density at radius 1 is 0.319 bits per heavy atom. The SMILES string of the molecule is CCCCCCNCCCCCCCCCCCCCCCCCCCCCCCCCCCCCCCCCCCCCC(=O)O. The first-order valence-electron chi connectivity index (χ1n) is 22.2. The first-order valence-corrected chi connectivity index (χ1v) is 22.2. The molecule has 0 aliphatic carbocycles. The number of carboxylic acid groups (broad SMARTS) is 1. The normalized spacial score (nSPS) is 11.5. The Labute approximate surface area is 297 Å². The van der Waals surface area contributed by atoms with Gasteiger partial charge in [0.2, 0.25) is 0 Å². The van der Waals surface area contributed by atoms with E-state index in [1.807, 2.05) is 0 Å². The lowest BCUT2D eigenvalue weighted by atomic mass is 10.0. The maximum Gasteiger partial charge on any atom is 0.303 e. The van der Waals surface area contributed by atoms with Crippen LogP contribution in [0.3, 0.4) is 0 Å². The molecule has 3 heteroatoms. The molecule has 0 saturated heterocycles. The molecule has 0 atom stereocenters. The third kappa shape index (κ3) is 45.4. The van der Waals surface area contributed by atoms with Crippen molar-refractivity contribution in [2.75, 3.05) is 13.1 Å². The van der Waals surface area contributed by atoms with Gasteiger partial charge in [0.1, 0.15) is 0 Å². The molecule has 0 bridgehead atoms. The highest BCUT2D eigenvalue weighted by molar-refractivity contribution is 5.66. The highest BCUT2D eigenvalue weighted by Crippen LogP contribution is 2.17. The van der Waals surface area contributed by atoms with Gasteiger partial charge in [-0.3, -0.25) is 4.79 Å². The van der Waals surface area contributed by atoms with Crippen molar-refractivity contribution in [1.29, 1.82) is 0 Å². The summed E-state index contributed by atoms with van der Waals surface area (Å²) in [6.45, 7) is 4.75. The highest BCUT2D eigenvalue weighted by atomic mass is 16.4. The van der Waals surface area contributed by atoms with E-state index in [1.165, 1.54) is 251 Å². The van der Waals surface area contributed by atoms with Crippen LogP contribution in [0.15, 0.2) is 0 Å². The van der Waals surface area contributed by atoms with Crippen molar-refractivity contribution in [2.24, 2.45) is 0 Å². The largest absolute Gasteiger partial charge is 0.481 e. The third-order valence-electron chi connectivity index (χ3n) is 10.5. The number of carboxylic acids is 1. The van der Waals surface area contributed by atoms with Crippen LogP contribution in [-0.4, -0.2) is 24.2 Å². The quantitative estimate of drug-likeness (QED) is 0.0638. The summed E-state index contributed by atoms with van der Waals surface area (Å²) in [5.41, 5.74) is 0. The van der Waals surface area contributed by atoms with Crippen LogP contribution in [0.2, 0.25) is 0 Å². The van der Waals surface area contributed by atoms with E-state index in [1.54, 1.807) is 0 Å². The molecule has 47 heavy (non-hydrogen) atoms. The molecule has 0 amide bonds. The zero-order valence-electron chi connectivity index (χ0n) is 32.6. The van der Waals surface area contributed by atoms with Gasteiger partial charge in [0.25, 0.3) is 0 Å². The first kappa shape index (κ1) is 46.4. The minimum Gasteiger partial charge on any atom is -0.481 e. The molecule has 0 heterocycles. The van der Waals surface area contributed by atoms with Crippen LogP contribution in [0.25, 0.3) is 0 Å². The lowest BCUT2D eigenvalue weighted by Gasteiger charge is -2.05. The molecule has 0 aromatic rings. The molecule has 0 aliphatic rings. The summed E-state index contributed by atoms with van der Waals surface area (Å²) in [6.07, 6.45) is 55.3. The van der Waals surface area contributed by atoms with Crippen molar-refractivity contribution in [3.63, 3.8) is 0 Å². The molecule has 0 aromatic carbocycles. The lowest BCUT2D eigenvalue weighted by molar-refractivity contribution is -0.137. The molecule has 2 N–H and O–H groups in total. The number of aliphatic carboxylic acids is 1. The molecule has 3 nitrogen and oxygen atoms in total. The van der Waals surface area contributed by atoms with Crippen LogP contribution in [0.5, 0.6) is 0 Å². The van der Waals surface area contributed by atoms with Gasteiger partial charge in [-0.2, -0.15) is 0 Å². The van der Waals surface area contributed by atoms with E-state index in [4.69, 9.17) is 5.11 Å². The molecule has 0 fully saturated rings. The fourth-order valence-corrected chi connectivity index (χ4v) is 7.16. The zero-order valence-corrected chi connectivity index (χ0v) is 32.6. The maximum absolute atomic E-state index is 10.5. The molecule has 0 saturated carbocycles. The van der Waals surface area contributed by atoms with E-state index in [9.17, 15) is 4.79 Å². The minimum atomic E-state index is -0.647. The smallest absolute Gasteiger partial charge is 0.303 e. The van der Waals surface area contributed by atoms with Crippen molar-refractivity contribution < 1.29 is 9.90 Å². The van der Waals surface area contributed by atoms with Crippen LogP contribution < -0.4 is 5.32 Å². The number of nitrogens with one attached hydrogen (secondary N) is 1. The lowest BCUT2D eigenvalue weighted by Crippen LogP contribution is -2.16. The van der Waals surface area contributed by atoms with Gasteiger partial charge in [-0.05, 0) is 32.4 Å². The summed E-state index contributed by atoms with van der Waals surface area (Å²) >= 11 is 0. The number of hydrogen-bond donors (Lipinski definition) is 2. The number of unbranched alkanes of at least 4 members (excludes halogenated alkanes) is 37. The molecule has 0 aromatic heterocycles. The number of hydrogen-bond acceptors (Lipinski definition) is 2. The van der Waals surface area contributed by atoms with Crippen molar-refractivity contribution in [1.82, 2.24) is 5.32 Å². The predicted octanol–water partition coefficient (Wildman–Crippen LogP) is 15.3. The summed E-state index contributed by atoms with van der Waals surface area (Å²) in [6, 6.07) is 0. The fourth-order valence-electron chi connectivity index (χ4n) is 7.16. The predicted molar refractivity (Wildman–Crippen MR) is 211 cm³/mol. The van der Waals surface area contributed by atoms with Crippen molar-refractivity contribution in [3.8, 4) is 0 Å². The number of carbonyl (C=O) groups is 1. The van der Waals surface area contributed by atoms with Gasteiger partial charge in [-0.15, -0.1) is 0 Å². The Hall–Kier alpha value is -0.570. The molecule has 0 rings (SSSR count). The van der Waals surface area contributed by atoms with Crippen LogP contribution in [-0.2, 0) is 4.79 Å². The second-order valence-corrected chi connectivity index (χ2v) is 15.3. The standard InChI is InChI=1S/C44H89NO2/c1-2-3-4-39-42-45-43-40-37-35-33-31-29-27-25-23-21-19-17-15-13-11-9-7-5-6-8-10-12-14-16-18-20-22-24-26-28-30-32-34-36-38-41-44(46)47/h45H,2-43H2,1H3,(H,46,47). The van der Waals surface area contributed by atoms with Gasteiger partial charge in [0, 0.05) is 6.42 Å². The van der Waals surface area contributed by atoms with E-state index in [0.29, 0.717) is 6.42 Å². The fraction of sp³-hybridized carbons (Fsp3) is 0.977. The summed E-state index contributed by atoms with van der Waals surface area (Å²) in [4.78, 5) is 10.5. The average molecular weight is 664 g/mol. The first-order chi connectivity index (χ1) is 23.3. The summed E-state index contributed by atoms with van der Waals surface area (Å²) in [5.74, 6) is -0.647. The molecular formula is C44H89NO2. The highest BCUT2D eigenvalue weighted by Gasteiger charge is 1.99. The Bertz CT molecular complexity index is 565. The van der Waals surface area contributed by atoms with E-state index in [0.717, 1.165) is 12.8 Å². The third-order valence-corrected chi connectivity index (χ3v) is 10.5. The molecule has 0 aliphatic heterocycles. The Kier molecular flexibility index (Phi) is 42.9. The van der Waals surface area contributed by atoms with Gasteiger partial charge in [-0.1, -0.05) is 238 Å². The van der Waals surface area contributed by atoms with E-state index in [-0.39, 0.29) is 0 Å². The van der Waals surface area contributed by atoms with Crippen molar-refractivity contribution in [2.45, 2.75) is 264 Å². The van der Waals surface area contributed by atoms with Gasteiger partial charge in [0.05, 0.1) is 0 Å². The summed E-state index contributed by atoms with van der Waals surface area (Å²) in [5, 5.41) is 12.3. The summed E-state index contributed by atoms with van der Waals surface area (Å²) < 4.78 is 0. The molecular weight excluding hydrogens is 574 g/mol. The monoisotopic (exact) mass is 664 g/mol. The van der Waals surface area contributed by atoms with E-state index < -0.39 is 5.97 Å². The zero-order chi connectivity index (χ0) is 34.0. The van der Waals surface area contributed by atoms with E-state index >= 15 is 0 Å². The maximum atomic E-state index is 10.5. The topological polar surface area (TPSA) is 49.3 Å². The minimum absolute atomic E-state index is 0.346. The average Bonchev–Trinajstić information content (AvgIpc) is 3.07. The van der Waals surface area contributed by atoms with Crippen LogP contribution >= 0.6 is 0 Å². The Morgan fingerprint density at radius 3 is 0.723 bits per heavy atom. The summed E-state index contributed by atoms with van der Waals surface area (Å²) in [7, 11) is 0. The molecule has 0 unspecified atom stereocenters. The van der Waals surface area contributed by atoms with Crippen LogP contribution in [0, 0.1) is 0 Å². The Morgan fingerprint density at radius 2 is 0.511 bits per heavy atom. The molecule has 282 valence electrons. The van der Waals surface area contributed by atoms with Gasteiger partial charge >= 0.3 is 5.97 Å². The van der Waals surface area contributed by atoms with Gasteiger partial charge < -0.3 is 10.4 Å². The van der Waals surface area contributed by atoms with Crippen LogP contribution in [0.1, 0.15) is 264 Å². The van der Waals surface area contributed by atoms with Crippen LogP contribution in [0.4, 0.5) is 0 Å².